The summed E-state index contributed by atoms with van der Waals surface area (Å²) in [4.78, 5) is 72.8. The largest absolute Gasteiger partial charge is 0.472 e. The molecule has 0 saturated carbocycles. The van der Waals surface area contributed by atoms with Crippen molar-refractivity contribution in [3.8, 4) is 0 Å². The maximum atomic E-state index is 13.1. The predicted molar refractivity (Wildman–Crippen MR) is 386 cm³/mol. The van der Waals surface area contributed by atoms with Crippen LogP contribution in [0.4, 0.5) is 0 Å². The van der Waals surface area contributed by atoms with E-state index in [1.54, 1.807) is 0 Å². The van der Waals surface area contributed by atoms with E-state index in [4.69, 9.17) is 37.0 Å². The molecule has 0 amide bonds. The summed E-state index contributed by atoms with van der Waals surface area (Å²) in [6.07, 6.45) is 54.9. The molecule has 0 aromatic heterocycles. The van der Waals surface area contributed by atoms with Crippen molar-refractivity contribution in [2.45, 2.75) is 381 Å². The third-order valence-corrected chi connectivity index (χ3v) is 19.3. The molecule has 3 unspecified atom stereocenters. The number of allylic oxidation sites excluding steroid dienone is 4. The molecule has 95 heavy (non-hydrogen) atoms. The van der Waals surface area contributed by atoms with Crippen LogP contribution in [0.5, 0.6) is 0 Å². The molecule has 3 N–H and O–H groups in total. The zero-order valence-electron chi connectivity index (χ0n) is 61.6. The van der Waals surface area contributed by atoms with Crippen LogP contribution in [0.25, 0.3) is 0 Å². The van der Waals surface area contributed by atoms with Gasteiger partial charge in [-0.15, -0.1) is 0 Å². The third-order valence-electron chi connectivity index (χ3n) is 17.4. The Hall–Kier alpha value is -2.46. The summed E-state index contributed by atoms with van der Waals surface area (Å²) >= 11 is 0. The molecule has 0 aromatic rings. The van der Waals surface area contributed by atoms with Gasteiger partial charge in [0.05, 0.1) is 26.4 Å². The zero-order valence-corrected chi connectivity index (χ0v) is 63.4. The van der Waals surface area contributed by atoms with Crippen LogP contribution in [-0.4, -0.2) is 96.7 Å². The Morgan fingerprint density at radius 3 is 0.937 bits per heavy atom. The summed E-state index contributed by atoms with van der Waals surface area (Å²) in [5, 5.41) is 10.6. The monoisotopic (exact) mass is 1390 g/mol. The number of ether oxygens (including phenoxy) is 4. The van der Waals surface area contributed by atoms with Crippen LogP contribution in [0.2, 0.25) is 0 Å². The molecule has 0 heterocycles. The van der Waals surface area contributed by atoms with Crippen LogP contribution in [0.1, 0.15) is 363 Å². The highest BCUT2D eigenvalue weighted by molar-refractivity contribution is 7.47. The Balaban J connectivity index is 5.30. The minimum atomic E-state index is -4.97. The Morgan fingerprint density at radius 1 is 0.347 bits per heavy atom. The number of aliphatic hydroxyl groups excluding tert-OH is 1. The molecule has 0 bridgehead atoms. The fourth-order valence-corrected chi connectivity index (χ4v) is 12.6. The highest BCUT2D eigenvalue weighted by Crippen LogP contribution is 2.45. The van der Waals surface area contributed by atoms with E-state index >= 15 is 0 Å². The molecule has 0 saturated heterocycles. The van der Waals surface area contributed by atoms with Gasteiger partial charge in [0.25, 0.3) is 0 Å². The smallest absolute Gasteiger partial charge is 0.462 e. The molecule has 0 spiro atoms. The lowest BCUT2D eigenvalue weighted by Crippen LogP contribution is -2.30. The maximum absolute atomic E-state index is 13.1. The Labute approximate surface area is 580 Å². The minimum absolute atomic E-state index is 0.0999. The molecule has 6 atom stereocenters. The fraction of sp³-hybridized carbons (Fsp3) is 0.895. The standard InChI is InChI=1S/C76H144O17P2/c1-8-10-11-12-13-14-15-16-17-20-25-30-35-43-50-57-73(78)86-63-71(92-75(80)59-52-45-36-31-26-21-18-19-23-28-33-40-47-54-67(3)4)65-90-94(82,83)88-61-70(77)62-89-95(84,85)91-66-72(64-87-74(79)58-51-44-39-38-42-49-56-69(7)9-2)93-76(81)60-53-46-37-32-27-22-24-29-34-41-48-55-68(5)6/h14-17,67-72,77H,8-13,18-66H2,1-7H3,(H,82,83)(H,84,85)/b15-14-,17-16-/t69?,70-,71-,72-/m1/s1. The first-order valence-electron chi connectivity index (χ1n) is 38.7. The summed E-state index contributed by atoms with van der Waals surface area (Å²) in [6.45, 7) is 11.8. The Bertz CT molecular complexity index is 1950. The Morgan fingerprint density at radius 2 is 0.621 bits per heavy atom. The first kappa shape index (κ1) is 92.5. The van der Waals surface area contributed by atoms with Crippen molar-refractivity contribution in [2.24, 2.45) is 17.8 Å². The van der Waals surface area contributed by atoms with E-state index in [1.165, 1.54) is 148 Å². The summed E-state index contributed by atoms with van der Waals surface area (Å²) in [5.74, 6) is 0.128. The second-order valence-electron chi connectivity index (χ2n) is 27.9. The summed E-state index contributed by atoms with van der Waals surface area (Å²) in [7, 11) is -9.92. The average molecular weight is 1390 g/mol. The number of phosphoric ester groups is 2. The highest BCUT2D eigenvalue weighted by Gasteiger charge is 2.30. The first-order valence-corrected chi connectivity index (χ1v) is 41.7. The van der Waals surface area contributed by atoms with Crippen LogP contribution in [0, 0.1) is 17.8 Å². The second kappa shape index (κ2) is 66.1. The van der Waals surface area contributed by atoms with E-state index in [1.807, 2.05) is 0 Å². The minimum Gasteiger partial charge on any atom is -0.462 e. The topological polar surface area (TPSA) is 237 Å². The zero-order chi connectivity index (χ0) is 70.1. The molecule has 0 rings (SSSR count). The molecule has 0 aliphatic carbocycles. The van der Waals surface area contributed by atoms with Crippen molar-refractivity contribution in [2.75, 3.05) is 39.6 Å². The first-order chi connectivity index (χ1) is 45.8. The number of carbonyl (C=O) groups is 4. The number of esters is 4. The van der Waals surface area contributed by atoms with Gasteiger partial charge >= 0.3 is 39.5 Å². The van der Waals surface area contributed by atoms with Crippen LogP contribution < -0.4 is 0 Å². The molecule has 0 aliphatic heterocycles. The van der Waals surface area contributed by atoms with Crippen LogP contribution >= 0.6 is 15.6 Å². The number of hydrogen-bond donors (Lipinski definition) is 3. The van der Waals surface area contributed by atoms with Gasteiger partial charge in [0.15, 0.2) is 12.2 Å². The van der Waals surface area contributed by atoms with Gasteiger partial charge in [-0.05, 0) is 69.1 Å². The molecule has 0 aromatic carbocycles. The molecular weight excluding hydrogens is 1250 g/mol. The van der Waals surface area contributed by atoms with E-state index in [0.29, 0.717) is 25.7 Å². The molecule has 0 radical (unpaired) electrons. The van der Waals surface area contributed by atoms with Crippen LogP contribution in [0.15, 0.2) is 24.3 Å². The van der Waals surface area contributed by atoms with E-state index in [2.05, 4.69) is 72.8 Å². The van der Waals surface area contributed by atoms with Crippen molar-refractivity contribution in [3.05, 3.63) is 24.3 Å². The van der Waals surface area contributed by atoms with Gasteiger partial charge in [-0.1, -0.05) is 310 Å². The molecule has 0 aliphatic rings. The number of hydrogen-bond acceptors (Lipinski definition) is 15. The van der Waals surface area contributed by atoms with Crippen molar-refractivity contribution < 1.29 is 80.2 Å². The van der Waals surface area contributed by atoms with E-state index in [-0.39, 0.29) is 25.7 Å². The van der Waals surface area contributed by atoms with Crippen molar-refractivity contribution in [1.29, 1.82) is 0 Å². The van der Waals surface area contributed by atoms with Gasteiger partial charge in [0.2, 0.25) is 0 Å². The number of aliphatic hydroxyl groups is 1. The van der Waals surface area contributed by atoms with Gasteiger partial charge in [-0.25, -0.2) is 9.13 Å². The lowest BCUT2D eigenvalue weighted by molar-refractivity contribution is -0.161. The molecule has 560 valence electrons. The quantitative estimate of drug-likeness (QED) is 0.0169. The molecular formula is C76H144O17P2. The summed E-state index contributed by atoms with van der Waals surface area (Å²) in [6, 6.07) is 0. The van der Waals surface area contributed by atoms with Crippen LogP contribution in [0.3, 0.4) is 0 Å². The van der Waals surface area contributed by atoms with E-state index < -0.39 is 97.5 Å². The lowest BCUT2D eigenvalue weighted by Gasteiger charge is -2.21. The van der Waals surface area contributed by atoms with Gasteiger partial charge in [-0.3, -0.25) is 37.3 Å². The van der Waals surface area contributed by atoms with E-state index in [0.717, 1.165) is 133 Å². The summed E-state index contributed by atoms with van der Waals surface area (Å²) in [5.41, 5.74) is 0. The SMILES string of the molecule is CCCCCC/C=C\C=C/CCCCCCCC(=O)OC[C@H](COP(=O)(O)OC[C@@H](O)COP(=O)(O)OC[C@@H](COC(=O)CCCCCCCCC(C)CC)OC(=O)CCCCCCCCCCCCCC(C)C)OC(=O)CCCCCCCCCCCCCCCC(C)C. The molecule has 0 fully saturated rings. The van der Waals surface area contributed by atoms with E-state index in [9.17, 15) is 43.2 Å². The summed E-state index contributed by atoms with van der Waals surface area (Å²) < 4.78 is 68.5. The predicted octanol–water partition coefficient (Wildman–Crippen LogP) is 21.7. The maximum Gasteiger partial charge on any atom is 0.472 e. The van der Waals surface area contributed by atoms with Crippen molar-refractivity contribution in [1.82, 2.24) is 0 Å². The normalized spacial score (nSPS) is 14.5. The molecule has 17 nitrogen and oxygen atoms in total. The van der Waals surface area contributed by atoms with Gasteiger partial charge < -0.3 is 33.8 Å². The number of phosphoric acid groups is 2. The lowest BCUT2D eigenvalue weighted by atomic mass is 10.00. The van der Waals surface area contributed by atoms with Gasteiger partial charge in [0, 0.05) is 25.7 Å². The van der Waals surface area contributed by atoms with Crippen molar-refractivity contribution >= 4 is 39.5 Å². The third kappa shape index (κ3) is 68.5. The second-order valence-corrected chi connectivity index (χ2v) is 30.8. The fourth-order valence-electron chi connectivity index (χ4n) is 11.0. The average Bonchev–Trinajstić information content (AvgIpc) is 1.68. The number of rotatable bonds is 72. The van der Waals surface area contributed by atoms with Crippen LogP contribution in [-0.2, 0) is 65.4 Å². The van der Waals surface area contributed by atoms with Crippen molar-refractivity contribution in [3.63, 3.8) is 0 Å². The highest BCUT2D eigenvalue weighted by atomic mass is 31.2. The molecule has 19 heteroatoms. The van der Waals surface area contributed by atoms with Gasteiger partial charge in [0.1, 0.15) is 19.3 Å². The number of carbonyl (C=O) groups excluding carboxylic acids is 4. The number of unbranched alkanes of at least 4 members (excludes halogenated alkanes) is 36. The van der Waals surface area contributed by atoms with Gasteiger partial charge in [-0.2, -0.15) is 0 Å². The Kier molecular flexibility index (Phi) is 64.4.